The van der Waals surface area contributed by atoms with Crippen LogP contribution in [-0.4, -0.2) is 14.9 Å². The molecule has 0 amide bonds. The number of aliphatic hydroxyl groups is 1. The number of aliphatic hydroxyl groups excluding tert-OH is 1. The summed E-state index contributed by atoms with van der Waals surface area (Å²) in [6, 6.07) is 5.79. The fraction of sp³-hybridized carbons (Fsp3) is 0.308. The van der Waals surface area contributed by atoms with Crippen molar-refractivity contribution in [1.29, 1.82) is 0 Å². The molecule has 5 heteroatoms. The lowest BCUT2D eigenvalue weighted by molar-refractivity contribution is 0.177. The molecule has 0 spiro atoms. The van der Waals surface area contributed by atoms with E-state index in [2.05, 4.69) is 37.0 Å². The summed E-state index contributed by atoms with van der Waals surface area (Å²) in [5.74, 6) is 0. The third-order valence-electron chi connectivity index (χ3n) is 2.76. The minimum Gasteiger partial charge on any atom is -0.388 e. The van der Waals surface area contributed by atoms with Crippen LogP contribution in [0.5, 0.6) is 0 Å². The van der Waals surface area contributed by atoms with Crippen LogP contribution in [0.3, 0.4) is 0 Å². The van der Waals surface area contributed by atoms with E-state index in [4.69, 9.17) is 0 Å². The Balaban J connectivity index is 2.13. The van der Waals surface area contributed by atoms with Crippen LogP contribution in [0.25, 0.3) is 0 Å². The molecule has 1 N–H and O–H groups in total. The largest absolute Gasteiger partial charge is 0.388 e. The number of nitrogens with zero attached hydrogens (tertiary/aromatic N) is 2. The van der Waals surface area contributed by atoms with E-state index < -0.39 is 6.10 Å². The molecule has 0 aliphatic heterocycles. The average molecular weight is 374 g/mol. The summed E-state index contributed by atoms with van der Waals surface area (Å²) in [5.41, 5.74) is 1.93. The zero-order chi connectivity index (χ0) is 13.1. The maximum Gasteiger partial charge on any atom is 0.0842 e. The van der Waals surface area contributed by atoms with Gasteiger partial charge in [0.1, 0.15) is 0 Å². The molecule has 1 unspecified atom stereocenters. The molecular weight excluding hydrogens is 360 g/mol. The van der Waals surface area contributed by atoms with Crippen LogP contribution in [0.4, 0.5) is 0 Å². The lowest BCUT2D eigenvalue weighted by atomic mass is 10.0. The standard InChI is InChI=1S/C13H14Br2N2O/c1-2-17-8-9(7-16-17)5-13(18)11-4-3-10(14)6-12(11)15/h3-4,6-8,13,18H,2,5H2,1H3. The van der Waals surface area contributed by atoms with Crippen molar-refractivity contribution >= 4 is 31.9 Å². The van der Waals surface area contributed by atoms with Crippen LogP contribution in [0.15, 0.2) is 39.5 Å². The number of rotatable bonds is 4. The van der Waals surface area contributed by atoms with E-state index in [9.17, 15) is 5.11 Å². The number of hydrogen-bond acceptors (Lipinski definition) is 2. The van der Waals surface area contributed by atoms with Gasteiger partial charge in [-0.2, -0.15) is 5.10 Å². The fourth-order valence-corrected chi connectivity index (χ4v) is 3.10. The maximum atomic E-state index is 10.2. The average Bonchev–Trinajstić information content (AvgIpc) is 2.76. The second-order valence-electron chi connectivity index (χ2n) is 4.09. The van der Waals surface area contributed by atoms with Gasteiger partial charge in [-0.3, -0.25) is 4.68 Å². The predicted octanol–water partition coefficient (Wildman–Crippen LogP) is 3.70. The van der Waals surface area contributed by atoms with Crippen molar-refractivity contribution in [3.63, 3.8) is 0 Å². The van der Waals surface area contributed by atoms with Crippen molar-refractivity contribution < 1.29 is 5.11 Å². The van der Waals surface area contributed by atoms with Crippen molar-refractivity contribution in [2.45, 2.75) is 26.0 Å². The normalized spacial score (nSPS) is 12.7. The van der Waals surface area contributed by atoms with Gasteiger partial charge < -0.3 is 5.11 Å². The molecule has 0 radical (unpaired) electrons. The molecule has 1 atom stereocenters. The highest BCUT2D eigenvalue weighted by Crippen LogP contribution is 2.28. The number of hydrogen-bond donors (Lipinski definition) is 1. The summed E-state index contributed by atoms with van der Waals surface area (Å²) in [6.45, 7) is 2.89. The summed E-state index contributed by atoms with van der Waals surface area (Å²) in [7, 11) is 0. The highest BCUT2D eigenvalue weighted by molar-refractivity contribution is 9.11. The predicted molar refractivity (Wildman–Crippen MR) is 78.4 cm³/mol. The van der Waals surface area contributed by atoms with Gasteiger partial charge in [0.25, 0.3) is 0 Å². The monoisotopic (exact) mass is 372 g/mol. The van der Waals surface area contributed by atoms with Crippen LogP contribution < -0.4 is 0 Å². The van der Waals surface area contributed by atoms with Gasteiger partial charge in [0.05, 0.1) is 12.3 Å². The van der Waals surface area contributed by atoms with Crippen molar-refractivity contribution in [2.75, 3.05) is 0 Å². The molecule has 0 aliphatic rings. The molecule has 0 bridgehead atoms. The molecule has 2 rings (SSSR count). The quantitative estimate of drug-likeness (QED) is 0.887. The SMILES string of the molecule is CCn1cc(CC(O)c2ccc(Br)cc2Br)cn1. The van der Waals surface area contributed by atoms with Crippen LogP contribution in [0.1, 0.15) is 24.2 Å². The van der Waals surface area contributed by atoms with Crippen molar-refractivity contribution in [3.8, 4) is 0 Å². The first-order chi connectivity index (χ1) is 8.60. The van der Waals surface area contributed by atoms with E-state index in [0.717, 1.165) is 26.6 Å². The van der Waals surface area contributed by atoms with E-state index in [1.165, 1.54) is 0 Å². The Labute approximate surface area is 123 Å². The third-order valence-corrected chi connectivity index (χ3v) is 3.94. The van der Waals surface area contributed by atoms with E-state index >= 15 is 0 Å². The topological polar surface area (TPSA) is 38.0 Å². The molecule has 96 valence electrons. The van der Waals surface area contributed by atoms with Gasteiger partial charge in [0.2, 0.25) is 0 Å². The first-order valence-corrected chi connectivity index (χ1v) is 7.33. The summed E-state index contributed by atoms with van der Waals surface area (Å²) in [5, 5.41) is 14.4. The Morgan fingerprint density at radius 3 is 2.78 bits per heavy atom. The van der Waals surface area contributed by atoms with Gasteiger partial charge in [-0.15, -0.1) is 0 Å². The van der Waals surface area contributed by atoms with E-state index in [0.29, 0.717) is 6.42 Å². The lowest BCUT2D eigenvalue weighted by Gasteiger charge is -2.12. The minimum atomic E-state index is -0.526. The Bertz CT molecular complexity index is 540. The highest BCUT2D eigenvalue weighted by Gasteiger charge is 2.13. The number of aromatic nitrogens is 2. The third kappa shape index (κ3) is 3.22. The van der Waals surface area contributed by atoms with E-state index in [-0.39, 0.29) is 0 Å². The molecule has 2 aromatic rings. The number of halogens is 2. The Hall–Kier alpha value is -0.650. The zero-order valence-corrected chi connectivity index (χ0v) is 13.1. The van der Waals surface area contributed by atoms with E-state index in [1.54, 1.807) is 6.20 Å². The molecule has 1 aromatic carbocycles. The fourth-order valence-electron chi connectivity index (χ4n) is 1.79. The van der Waals surface area contributed by atoms with Gasteiger partial charge in [0.15, 0.2) is 0 Å². The Morgan fingerprint density at radius 1 is 1.39 bits per heavy atom. The van der Waals surface area contributed by atoms with Gasteiger partial charge in [-0.05, 0) is 30.2 Å². The van der Waals surface area contributed by atoms with Crippen LogP contribution in [0, 0.1) is 0 Å². The van der Waals surface area contributed by atoms with Gasteiger partial charge in [-0.25, -0.2) is 0 Å². The Morgan fingerprint density at radius 2 is 2.17 bits per heavy atom. The summed E-state index contributed by atoms with van der Waals surface area (Å²) in [6.07, 6.45) is 3.82. The van der Waals surface area contributed by atoms with Crippen molar-refractivity contribution in [2.24, 2.45) is 0 Å². The van der Waals surface area contributed by atoms with Gasteiger partial charge in [-0.1, -0.05) is 37.9 Å². The molecule has 3 nitrogen and oxygen atoms in total. The molecule has 0 saturated heterocycles. The summed E-state index contributed by atoms with van der Waals surface area (Å²) < 4.78 is 3.76. The first kappa shape index (κ1) is 13.8. The first-order valence-electron chi connectivity index (χ1n) is 5.74. The summed E-state index contributed by atoms with van der Waals surface area (Å²) in [4.78, 5) is 0. The van der Waals surface area contributed by atoms with E-state index in [1.807, 2.05) is 36.0 Å². The summed E-state index contributed by atoms with van der Waals surface area (Å²) >= 11 is 6.87. The second kappa shape index (κ2) is 5.99. The lowest BCUT2D eigenvalue weighted by Crippen LogP contribution is -2.02. The number of benzene rings is 1. The molecule has 0 fully saturated rings. The number of aryl methyl sites for hydroxylation is 1. The molecule has 18 heavy (non-hydrogen) atoms. The molecular formula is C13H14Br2N2O. The molecule has 1 heterocycles. The van der Waals surface area contributed by atoms with Crippen molar-refractivity contribution in [3.05, 3.63) is 50.7 Å². The van der Waals surface area contributed by atoms with Crippen molar-refractivity contribution in [1.82, 2.24) is 9.78 Å². The molecule has 0 saturated carbocycles. The van der Waals surface area contributed by atoms with Crippen LogP contribution >= 0.6 is 31.9 Å². The molecule has 0 aliphatic carbocycles. The van der Waals surface area contributed by atoms with Gasteiger partial charge in [0, 0.05) is 28.1 Å². The minimum absolute atomic E-state index is 0.526. The highest BCUT2D eigenvalue weighted by atomic mass is 79.9. The van der Waals surface area contributed by atoms with Gasteiger partial charge >= 0.3 is 0 Å². The zero-order valence-electron chi connectivity index (χ0n) is 9.98. The molecule has 1 aromatic heterocycles. The van der Waals surface area contributed by atoms with Crippen LogP contribution in [0.2, 0.25) is 0 Å². The second-order valence-corrected chi connectivity index (χ2v) is 5.86. The van der Waals surface area contributed by atoms with Crippen LogP contribution in [-0.2, 0) is 13.0 Å². The Kier molecular flexibility index (Phi) is 4.59. The maximum absolute atomic E-state index is 10.2. The smallest absolute Gasteiger partial charge is 0.0842 e.